The Morgan fingerprint density at radius 3 is 2.57 bits per heavy atom. The fraction of sp³-hybridized carbons (Fsp3) is 0.647. The first-order valence-corrected chi connectivity index (χ1v) is 8.14. The Morgan fingerprint density at radius 1 is 1.10 bits per heavy atom. The lowest BCUT2D eigenvalue weighted by molar-refractivity contribution is 0.127. The van der Waals surface area contributed by atoms with Crippen LogP contribution in [0.1, 0.15) is 13.3 Å². The first kappa shape index (κ1) is 14.7. The zero-order valence-corrected chi connectivity index (χ0v) is 12.9. The van der Waals surface area contributed by atoms with E-state index in [0.29, 0.717) is 6.61 Å². The average molecular weight is 290 g/mol. The number of rotatable bonds is 6. The van der Waals surface area contributed by atoms with Gasteiger partial charge in [0.15, 0.2) is 0 Å². The summed E-state index contributed by atoms with van der Waals surface area (Å²) in [6.45, 7) is 9.34. The average Bonchev–Trinajstić information content (AvgIpc) is 2.97. The Kier molecular flexibility index (Phi) is 4.99. The van der Waals surface area contributed by atoms with Crippen LogP contribution < -0.4 is 14.8 Å². The van der Waals surface area contributed by atoms with Gasteiger partial charge in [0.05, 0.1) is 6.61 Å². The quantitative estimate of drug-likeness (QED) is 0.869. The van der Waals surface area contributed by atoms with Crippen molar-refractivity contribution in [2.45, 2.75) is 13.3 Å². The number of benzene rings is 1. The van der Waals surface area contributed by atoms with Gasteiger partial charge in [-0.05, 0) is 69.1 Å². The molecule has 0 bridgehead atoms. The first-order valence-electron chi connectivity index (χ1n) is 8.14. The third kappa shape index (κ3) is 3.89. The molecule has 2 heterocycles. The minimum Gasteiger partial charge on any atom is -0.494 e. The monoisotopic (exact) mass is 290 g/mol. The fourth-order valence-electron chi connectivity index (χ4n) is 3.40. The van der Waals surface area contributed by atoms with Crippen molar-refractivity contribution < 1.29 is 9.47 Å². The highest BCUT2D eigenvalue weighted by Crippen LogP contribution is 2.26. The molecule has 0 amide bonds. The molecule has 2 atom stereocenters. The van der Waals surface area contributed by atoms with Crippen LogP contribution in [0.15, 0.2) is 24.3 Å². The van der Waals surface area contributed by atoms with Crippen LogP contribution in [0.4, 0.5) is 0 Å². The maximum Gasteiger partial charge on any atom is 0.119 e. The van der Waals surface area contributed by atoms with Gasteiger partial charge < -0.3 is 14.8 Å². The van der Waals surface area contributed by atoms with Crippen LogP contribution in [0.5, 0.6) is 11.5 Å². The highest BCUT2D eigenvalue weighted by atomic mass is 16.5. The molecule has 2 unspecified atom stereocenters. The standard InChI is InChI=1S/C17H26N2O2/c1-2-20-16-3-5-17(6-4-16)21-10-9-19-8-7-14-11-18-12-15(14)13-19/h3-6,14-15,18H,2,7-13H2,1H3. The molecule has 0 spiro atoms. The number of likely N-dealkylation sites (tertiary alicyclic amines) is 1. The van der Waals surface area contributed by atoms with Gasteiger partial charge in [-0.3, -0.25) is 4.90 Å². The number of fused-ring (bicyclic) bond motifs is 1. The minimum atomic E-state index is 0.701. The highest BCUT2D eigenvalue weighted by Gasteiger charge is 2.32. The van der Waals surface area contributed by atoms with Crippen molar-refractivity contribution in [2.24, 2.45) is 11.8 Å². The summed E-state index contributed by atoms with van der Waals surface area (Å²) in [5.74, 6) is 3.59. The van der Waals surface area contributed by atoms with Crippen LogP contribution in [0.25, 0.3) is 0 Å². The first-order chi connectivity index (χ1) is 10.3. The largest absolute Gasteiger partial charge is 0.494 e. The Bertz CT molecular complexity index is 435. The summed E-state index contributed by atoms with van der Waals surface area (Å²) in [6.07, 6.45) is 1.33. The molecule has 2 aliphatic rings. The molecule has 1 N–H and O–H groups in total. The molecule has 2 saturated heterocycles. The van der Waals surface area contributed by atoms with Crippen LogP contribution in [0.3, 0.4) is 0 Å². The molecule has 116 valence electrons. The fourth-order valence-corrected chi connectivity index (χ4v) is 3.40. The molecular formula is C17H26N2O2. The molecule has 4 heteroatoms. The number of nitrogens with one attached hydrogen (secondary N) is 1. The van der Waals surface area contributed by atoms with Gasteiger partial charge in [0, 0.05) is 13.1 Å². The zero-order chi connectivity index (χ0) is 14.5. The molecule has 21 heavy (non-hydrogen) atoms. The Hall–Kier alpha value is -1.26. The number of hydrogen-bond donors (Lipinski definition) is 1. The summed E-state index contributed by atoms with van der Waals surface area (Å²) in [7, 11) is 0. The van der Waals surface area contributed by atoms with Gasteiger partial charge in [0.2, 0.25) is 0 Å². The molecule has 2 fully saturated rings. The van der Waals surface area contributed by atoms with E-state index in [0.717, 1.165) is 36.5 Å². The van der Waals surface area contributed by atoms with Crippen molar-refractivity contribution in [1.82, 2.24) is 10.2 Å². The van der Waals surface area contributed by atoms with Gasteiger partial charge in [-0.2, -0.15) is 0 Å². The lowest BCUT2D eigenvalue weighted by atomic mass is 9.89. The summed E-state index contributed by atoms with van der Waals surface area (Å²) in [5.41, 5.74) is 0. The molecule has 1 aromatic rings. The van der Waals surface area contributed by atoms with E-state index >= 15 is 0 Å². The second-order valence-corrected chi connectivity index (χ2v) is 6.02. The Morgan fingerprint density at radius 2 is 1.81 bits per heavy atom. The van der Waals surface area contributed by atoms with E-state index in [1.165, 1.54) is 32.6 Å². The number of piperidine rings is 1. The van der Waals surface area contributed by atoms with E-state index in [2.05, 4.69) is 10.2 Å². The predicted octanol–water partition coefficient (Wildman–Crippen LogP) is 2.01. The van der Waals surface area contributed by atoms with Crippen LogP contribution in [-0.2, 0) is 0 Å². The molecule has 0 aliphatic carbocycles. The molecule has 0 saturated carbocycles. The molecule has 2 aliphatic heterocycles. The van der Waals surface area contributed by atoms with E-state index in [9.17, 15) is 0 Å². The minimum absolute atomic E-state index is 0.701. The van der Waals surface area contributed by atoms with Gasteiger partial charge >= 0.3 is 0 Å². The molecule has 0 radical (unpaired) electrons. The maximum absolute atomic E-state index is 5.84. The molecular weight excluding hydrogens is 264 g/mol. The van der Waals surface area contributed by atoms with Crippen molar-refractivity contribution >= 4 is 0 Å². The Labute approximate surface area is 127 Å². The number of nitrogens with zero attached hydrogens (tertiary/aromatic N) is 1. The summed E-state index contributed by atoms with van der Waals surface area (Å²) in [4.78, 5) is 2.54. The van der Waals surface area contributed by atoms with Crippen molar-refractivity contribution in [2.75, 3.05) is 45.9 Å². The predicted molar refractivity (Wildman–Crippen MR) is 84.0 cm³/mol. The van der Waals surface area contributed by atoms with Crippen molar-refractivity contribution in [1.29, 1.82) is 0 Å². The van der Waals surface area contributed by atoms with E-state index < -0.39 is 0 Å². The Balaban J connectivity index is 1.39. The topological polar surface area (TPSA) is 33.7 Å². The van der Waals surface area contributed by atoms with E-state index in [1.807, 2.05) is 31.2 Å². The van der Waals surface area contributed by atoms with Gasteiger partial charge in [0.25, 0.3) is 0 Å². The second-order valence-electron chi connectivity index (χ2n) is 6.02. The van der Waals surface area contributed by atoms with E-state index in [4.69, 9.17) is 9.47 Å². The van der Waals surface area contributed by atoms with Crippen LogP contribution in [0.2, 0.25) is 0 Å². The smallest absolute Gasteiger partial charge is 0.119 e. The maximum atomic E-state index is 5.84. The second kappa shape index (κ2) is 7.14. The van der Waals surface area contributed by atoms with Gasteiger partial charge in [0.1, 0.15) is 18.1 Å². The summed E-state index contributed by atoms with van der Waals surface area (Å²) < 4.78 is 11.3. The van der Waals surface area contributed by atoms with Crippen molar-refractivity contribution in [3.8, 4) is 11.5 Å². The third-order valence-corrected chi connectivity index (χ3v) is 4.60. The normalized spacial score (nSPS) is 25.6. The van der Waals surface area contributed by atoms with Gasteiger partial charge in [-0.15, -0.1) is 0 Å². The molecule has 4 nitrogen and oxygen atoms in total. The summed E-state index contributed by atoms with van der Waals surface area (Å²) >= 11 is 0. The van der Waals surface area contributed by atoms with Crippen molar-refractivity contribution in [3.63, 3.8) is 0 Å². The number of hydrogen-bond acceptors (Lipinski definition) is 4. The third-order valence-electron chi connectivity index (χ3n) is 4.60. The van der Waals surface area contributed by atoms with Crippen LogP contribution in [0, 0.1) is 11.8 Å². The van der Waals surface area contributed by atoms with Gasteiger partial charge in [-0.25, -0.2) is 0 Å². The SMILES string of the molecule is CCOc1ccc(OCCN2CCC3CNCC3C2)cc1. The zero-order valence-electron chi connectivity index (χ0n) is 12.9. The van der Waals surface area contributed by atoms with Crippen LogP contribution >= 0.6 is 0 Å². The summed E-state index contributed by atoms with van der Waals surface area (Å²) in [5, 5.41) is 3.51. The van der Waals surface area contributed by atoms with E-state index in [1.54, 1.807) is 0 Å². The van der Waals surface area contributed by atoms with Crippen LogP contribution in [-0.4, -0.2) is 50.8 Å². The lowest BCUT2D eigenvalue weighted by Gasteiger charge is -2.34. The van der Waals surface area contributed by atoms with Crippen molar-refractivity contribution in [3.05, 3.63) is 24.3 Å². The summed E-state index contributed by atoms with van der Waals surface area (Å²) in [6, 6.07) is 7.90. The molecule has 1 aromatic carbocycles. The molecule has 0 aromatic heterocycles. The highest BCUT2D eigenvalue weighted by molar-refractivity contribution is 5.31. The molecule has 3 rings (SSSR count). The lowest BCUT2D eigenvalue weighted by Crippen LogP contribution is -2.41. The number of ether oxygens (including phenoxy) is 2. The van der Waals surface area contributed by atoms with Gasteiger partial charge in [-0.1, -0.05) is 0 Å². The van der Waals surface area contributed by atoms with E-state index in [-0.39, 0.29) is 0 Å².